The number of likely N-dealkylation sites (N-methyl/N-ethyl adjacent to an activating group) is 1. The number of hydrogen-bond acceptors (Lipinski definition) is 3. The molecule has 3 rings (SSSR count). The lowest BCUT2D eigenvalue weighted by Gasteiger charge is -2.29. The highest BCUT2D eigenvalue weighted by Gasteiger charge is 2.48. The monoisotopic (exact) mass is 297 g/mol. The van der Waals surface area contributed by atoms with Crippen LogP contribution in [-0.2, 0) is 15.3 Å². The molecule has 0 N–H and O–H groups in total. The van der Waals surface area contributed by atoms with Gasteiger partial charge in [0.15, 0.2) is 0 Å². The van der Waals surface area contributed by atoms with Gasteiger partial charge in [-0.2, -0.15) is 0 Å². The minimum absolute atomic E-state index is 0.0304. The lowest BCUT2D eigenvalue weighted by Crippen LogP contribution is -2.33. The van der Waals surface area contributed by atoms with Gasteiger partial charge < -0.3 is 14.4 Å². The summed E-state index contributed by atoms with van der Waals surface area (Å²) in [6.45, 7) is 2.92. The second-order valence-corrected chi connectivity index (χ2v) is 6.09. The van der Waals surface area contributed by atoms with Gasteiger partial charge in [-0.05, 0) is 21.0 Å². The predicted octanol–water partition coefficient (Wildman–Crippen LogP) is 3.25. The molecule has 2 aromatic carbocycles. The quantitative estimate of drug-likeness (QED) is 0.864. The highest BCUT2D eigenvalue weighted by atomic mass is 16.8. The predicted molar refractivity (Wildman–Crippen MR) is 87.6 cm³/mol. The van der Waals surface area contributed by atoms with E-state index in [1.807, 2.05) is 36.4 Å². The minimum atomic E-state index is -0.817. The van der Waals surface area contributed by atoms with E-state index in [4.69, 9.17) is 9.47 Å². The van der Waals surface area contributed by atoms with Crippen LogP contribution in [0.4, 0.5) is 0 Å². The van der Waals surface area contributed by atoms with E-state index >= 15 is 0 Å². The van der Waals surface area contributed by atoms with Gasteiger partial charge in [0, 0.05) is 17.7 Å². The van der Waals surface area contributed by atoms with Gasteiger partial charge in [-0.25, -0.2) is 0 Å². The van der Waals surface area contributed by atoms with Crippen molar-refractivity contribution >= 4 is 0 Å². The summed E-state index contributed by atoms with van der Waals surface area (Å²) in [7, 11) is 4.11. The van der Waals surface area contributed by atoms with E-state index in [9.17, 15) is 0 Å². The first-order valence-electron chi connectivity index (χ1n) is 7.73. The van der Waals surface area contributed by atoms with Gasteiger partial charge in [-0.1, -0.05) is 60.7 Å². The zero-order valence-electron chi connectivity index (χ0n) is 13.4. The zero-order chi connectivity index (χ0) is 15.6. The van der Waals surface area contributed by atoms with Crippen molar-refractivity contribution in [3.05, 3.63) is 71.8 Å². The third-order valence-electron chi connectivity index (χ3n) is 4.05. The normalized spacial score (nSPS) is 23.8. The van der Waals surface area contributed by atoms with E-state index in [1.165, 1.54) is 0 Å². The van der Waals surface area contributed by atoms with Crippen LogP contribution < -0.4 is 0 Å². The molecule has 1 aliphatic rings. The lowest BCUT2D eigenvalue weighted by molar-refractivity contribution is -0.150. The van der Waals surface area contributed by atoms with Gasteiger partial charge in [-0.15, -0.1) is 0 Å². The highest BCUT2D eigenvalue weighted by molar-refractivity contribution is 5.34. The molecule has 1 heterocycles. The van der Waals surface area contributed by atoms with Crippen LogP contribution in [0.25, 0.3) is 0 Å². The Morgan fingerprint density at radius 3 is 1.82 bits per heavy atom. The van der Waals surface area contributed by atoms with Crippen LogP contribution in [0.1, 0.15) is 18.1 Å². The Morgan fingerprint density at radius 2 is 1.36 bits per heavy atom. The summed E-state index contributed by atoms with van der Waals surface area (Å²) in [5.41, 5.74) is 2.07. The maximum atomic E-state index is 6.48. The molecular formula is C19H23NO2. The molecule has 0 radical (unpaired) electrons. The Hall–Kier alpha value is -1.68. The number of ether oxygens (including phenoxy) is 2. The van der Waals surface area contributed by atoms with Crippen molar-refractivity contribution in [2.45, 2.75) is 24.9 Å². The van der Waals surface area contributed by atoms with Gasteiger partial charge in [0.05, 0.1) is 6.10 Å². The van der Waals surface area contributed by atoms with E-state index in [1.54, 1.807) is 0 Å². The summed E-state index contributed by atoms with van der Waals surface area (Å²) in [5.74, 6) is -0.817. The highest BCUT2D eigenvalue weighted by Crippen LogP contribution is 2.43. The Balaban J connectivity index is 2.03. The molecule has 2 atom stereocenters. The molecule has 0 bridgehead atoms. The Labute approximate surface area is 132 Å². The molecule has 0 aromatic heterocycles. The van der Waals surface area contributed by atoms with E-state index in [0.717, 1.165) is 17.7 Å². The summed E-state index contributed by atoms with van der Waals surface area (Å²) in [4.78, 5) is 2.14. The van der Waals surface area contributed by atoms with E-state index in [2.05, 4.69) is 50.2 Å². The van der Waals surface area contributed by atoms with E-state index in [-0.39, 0.29) is 12.2 Å². The second-order valence-electron chi connectivity index (χ2n) is 6.09. The molecule has 0 unspecified atom stereocenters. The molecule has 2 aromatic rings. The number of benzene rings is 2. The molecule has 1 aliphatic heterocycles. The summed E-state index contributed by atoms with van der Waals surface area (Å²) in [6, 6.07) is 20.4. The van der Waals surface area contributed by atoms with Crippen LogP contribution >= 0.6 is 0 Å². The largest absolute Gasteiger partial charge is 0.336 e. The summed E-state index contributed by atoms with van der Waals surface area (Å²) in [5, 5.41) is 0. The molecular weight excluding hydrogens is 274 g/mol. The molecule has 0 spiro atoms. The molecule has 116 valence electrons. The van der Waals surface area contributed by atoms with Crippen LogP contribution in [0.5, 0.6) is 0 Å². The molecule has 0 saturated carbocycles. The molecule has 1 saturated heterocycles. The fraction of sp³-hybridized carbons (Fsp3) is 0.368. The average molecular weight is 297 g/mol. The van der Waals surface area contributed by atoms with Crippen molar-refractivity contribution in [2.24, 2.45) is 0 Å². The average Bonchev–Trinajstić information content (AvgIpc) is 2.86. The van der Waals surface area contributed by atoms with Gasteiger partial charge in [0.2, 0.25) is 5.79 Å². The molecule has 0 aliphatic carbocycles. The van der Waals surface area contributed by atoms with Gasteiger partial charge >= 0.3 is 0 Å². The summed E-state index contributed by atoms with van der Waals surface area (Å²) < 4.78 is 12.9. The second kappa shape index (κ2) is 6.21. The fourth-order valence-electron chi connectivity index (χ4n) is 2.97. The minimum Gasteiger partial charge on any atom is -0.336 e. The lowest BCUT2D eigenvalue weighted by atomic mass is 9.97. The van der Waals surface area contributed by atoms with Crippen molar-refractivity contribution in [3.63, 3.8) is 0 Å². The Kier molecular flexibility index (Phi) is 4.30. The Bertz CT molecular complexity index is 558. The first-order chi connectivity index (χ1) is 10.6. The SMILES string of the molecule is C[C@H]1OC(c2ccccc2)(c2ccccc2)O[C@@H]1CN(C)C. The number of hydrogen-bond donors (Lipinski definition) is 0. The molecule has 3 heteroatoms. The van der Waals surface area contributed by atoms with Crippen molar-refractivity contribution < 1.29 is 9.47 Å². The molecule has 22 heavy (non-hydrogen) atoms. The molecule has 1 fully saturated rings. The van der Waals surface area contributed by atoms with Crippen LogP contribution in [0.2, 0.25) is 0 Å². The maximum absolute atomic E-state index is 6.48. The fourth-order valence-corrected chi connectivity index (χ4v) is 2.97. The van der Waals surface area contributed by atoms with Crippen LogP contribution in [0.15, 0.2) is 60.7 Å². The summed E-state index contributed by atoms with van der Waals surface area (Å²) in [6.07, 6.45) is 0.0678. The van der Waals surface area contributed by atoms with Gasteiger partial charge in [-0.3, -0.25) is 0 Å². The summed E-state index contributed by atoms with van der Waals surface area (Å²) >= 11 is 0. The van der Waals surface area contributed by atoms with Crippen molar-refractivity contribution in [1.29, 1.82) is 0 Å². The van der Waals surface area contributed by atoms with Crippen LogP contribution in [0, 0.1) is 0 Å². The zero-order valence-corrected chi connectivity index (χ0v) is 13.4. The van der Waals surface area contributed by atoms with Crippen molar-refractivity contribution in [2.75, 3.05) is 20.6 Å². The third kappa shape index (κ3) is 2.80. The Morgan fingerprint density at radius 1 is 0.864 bits per heavy atom. The number of rotatable bonds is 4. The smallest absolute Gasteiger partial charge is 0.223 e. The number of nitrogens with zero attached hydrogens (tertiary/aromatic N) is 1. The van der Waals surface area contributed by atoms with Gasteiger partial charge in [0.25, 0.3) is 0 Å². The van der Waals surface area contributed by atoms with E-state index < -0.39 is 5.79 Å². The van der Waals surface area contributed by atoms with E-state index in [0.29, 0.717) is 0 Å². The first-order valence-corrected chi connectivity index (χ1v) is 7.73. The first kappa shape index (κ1) is 15.2. The maximum Gasteiger partial charge on any atom is 0.223 e. The van der Waals surface area contributed by atoms with Crippen LogP contribution in [-0.4, -0.2) is 37.7 Å². The third-order valence-corrected chi connectivity index (χ3v) is 4.05. The molecule has 0 amide bonds. The topological polar surface area (TPSA) is 21.7 Å². The van der Waals surface area contributed by atoms with Gasteiger partial charge in [0.1, 0.15) is 6.10 Å². The van der Waals surface area contributed by atoms with Crippen molar-refractivity contribution in [1.82, 2.24) is 4.90 Å². The standard InChI is InChI=1S/C19H23NO2/c1-15-18(14-20(2)3)22-19(21-15,16-10-6-4-7-11-16)17-12-8-5-9-13-17/h4-13,15,18H,14H2,1-3H3/t15-,18-/m1/s1. The van der Waals surface area contributed by atoms with Crippen molar-refractivity contribution in [3.8, 4) is 0 Å². The van der Waals surface area contributed by atoms with Crippen LogP contribution in [0.3, 0.4) is 0 Å². The molecule has 3 nitrogen and oxygen atoms in total.